The summed E-state index contributed by atoms with van der Waals surface area (Å²) in [5, 5.41) is 0. The first-order valence-electron chi connectivity index (χ1n) is 2.60. The number of hydrogen-bond acceptors (Lipinski definition) is 3. The minimum Gasteiger partial charge on any atom is -0.394 e. The molecule has 0 aliphatic carbocycles. The molecule has 1 atom stereocenters. The van der Waals surface area contributed by atoms with Gasteiger partial charge in [-0.25, -0.2) is 4.57 Å². The van der Waals surface area contributed by atoms with Crippen molar-refractivity contribution in [1.29, 1.82) is 0 Å². The van der Waals surface area contributed by atoms with Crippen molar-refractivity contribution in [3.8, 4) is 0 Å². The van der Waals surface area contributed by atoms with Crippen LogP contribution in [0.25, 0.3) is 0 Å². The monoisotopic (exact) mass is 152 g/mol. The fourth-order valence-electron chi connectivity index (χ4n) is 0.353. The molecule has 0 aromatic carbocycles. The average molecular weight is 152 g/mol. The molecule has 0 saturated carbocycles. The zero-order chi connectivity index (χ0) is 7.28. The van der Waals surface area contributed by atoms with Crippen molar-refractivity contribution >= 4 is 14.2 Å². The lowest BCUT2D eigenvalue weighted by atomic mass is 10.4. The van der Waals surface area contributed by atoms with Gasteiger partial charge in [-0.1, -0.05) is 6.92 Å². The summed E-state index contributed by atoms with van der Waals surface area (Å²) >= 11 is 0. The Hall–Kier alpha value is -0.340. The fraction of sp³-hybridized carbons (Fsp3) is 0.750. The van der Waals surface area contributed by atoms with E-state index in [2.05, 4.69) is 4.52 Å². The standard InChI is InChI=1S/C4H9O4P/c1-2-3-4(5)8-9(6)7/h9H,2-3H2,1H3,(H,6,7). The summed E-state index contributed by atoms with van der Waals surface area (Å²) in [5.74, 6) is -0.608. The van der Waals surface area contributed by atoms with Gasteiger partial charge in [0.2, 0.25) is 0 Å². The van der Waals surface area contributed by atoms with Crippen LogP contribution in [0.15, 0.2) is 0 Å². The highest BCUT2D eigenvalue weighted by Crippen LogP contribution is 2.15. The van der Waals surface area contributed by atoms with Crippen LogP contribution in [0.1, 0.15) is 19.8 Å². The van der Waals surface area contributed by atoms with Crippen LogP contribution in [0.2, 0.25) is 0 Å². The summed E-state index contributed by atoms with van der Waals surface area (Å²) in [6, 6.07) is 0. The van der Waals surface area contributed by atoms with E-state index in [0.717, 1.165) is 0 Å². The highest BCUT2D eigenvalue weighted by atomic mass is 31.1. The first-order chi connectivity index (χ1) is 4.16. The van der Waals surface area contributed by atoms with E-state index in [1.165, 1.54) is 0 Å². The van der Waals surface area contributed by atoms with Gasteiger partial charge in [0.1, 0.15) is 0 Å². The second kappa shape index (κ2) is 4.53. The van der Waals surface area contributed by atoms with E-state index in [4.69, 9.17) is 4.89 Å². The van der Waals surface area contributed by atoms with Gasteiger partial charge in [-0.3, -0.25) is 4.79 Å². The lowest BCUT2D eigenvalue weighted by Crippen LogP contribution is -1.96. The van der Waals surface area contributed by atoms with Gasteiger partial charge < -0.3 is 9.42 Å². The average Bonchev–Trinajstić information content (AvgIpc) is 1.63. The maximum Gasteiger partial charge on any atom is 0.367 e. The Bertz CT molecular complexity index is 122. The van der Waals surface area contributed by atoms with E-state index in [-0.39, 0.29) is 6.42 Å². The summed E-state index contributed by atoms with van der Waals surface area (Å²) in [6.45, 7) is 1.79. The molecule has 0 amide bonds. The summed E-state index contributed by atoms with van der Waals surface area (Å²) < 4.78 is 13.8. The molecule has 0 bridgehead atoms. The van der Waals surface area contributed by atoms with Gasteiger partial charge in [-0.15, -0.1) is 0 Å². The summed E-state index contributed by atoms with van der Waals surface area (Å²) in [6.07, 6.45) is 0.838. The first-order valence-corrected chi connectivity index (χ1v) is 3.86. The maximum atomic E-state index is 10.3. The second-order valence-corrected chi connectivity index (χ2v) is 2.23. The summed E-state index contributed by atoms with van der Waals surface area (Å²) in [4.78, 5) is 18.3. The molecule has 0 aliphatic rings. The summed E-state index contributed by atoms with van der Waals surface area (Å²) in [7, 11) is -3.06. The van der Waals surface area contributed by atoms with Crippen LogP contribution in [-0.2, 0) is 13.9 Å². The molecule has 0 aromatic heterocycles. The molecule has 0 spiro atoms. The van der Waals surface area contributed by atoms with Gasteiger partial charge in [0.25, 0.3) is 0 Å². The minimum absolute atomic E-state index is 0.205. The van der Waals surface area contributed by atoms with E-state index >= 15 is 0 Å². The summed E-state index contributed by atoms with van der Waals surface area (Å²) in [5.41, 5.74) is 0. The van der Waals surface area contributed by atoms with Crippen molar-refractivity contribution in [3.63, 3.8) is 0 Å². The fourth-order valence-corrected chi connectivity index (χ4v) is 0.649. The molecule has 9 heavy (non-hydrogen) atoms. The van der Waals surface area contributed by atoms with Crippen LogP contribution in [0.3, 0.4) is 0 Å². The number of carbonyl (C=O) groups is 1. The molecule has 0 radical (unpaired) electrons. The first kappa shape index (κ1) is 8.66. The molecule has 0 rings (SSSR count). The normalized spacial score (nSPS) is 12.7. The molecule has 4 nitrogen and oxygen atoms in total. The van der Waals surface area contributed by atoms with Gasteiger partial charge in [0, 0.05) is 6.42 Å². The lowest BCUT2D eigenvalue weighted by Gasteiger charge is -1.95. The van der Waals surface area contributed by atoms with Crippen LogP contribution in [0.4, 0.5) is 0 Å². The smallest absolute Gasteiger partial charge is 0.367 e. The number of rotatable bonds is 3. The Balaban J connectivity index is 3.39. The quantitative estimate of drug-likeness (QED) is 0.605. The largest absolute Gasteiger partial charge is 0.394 e. The van der Waals surface area contributed by atoms with Crippen LogP contribution in [-0.4, -0.2) is 10.9 Å². The van der Waals surface area contributed by atoms with E-state index < -0.39 is 14.2 Å². The molecular weight excluding hydrogens is 143 g/mol. The third-order valence-corrected chi connectivity index (χ3v) is 1.06. The number of hydrogen-bond donors (Lipinski definition) is 1. The van der Waals surface area contributed by atoms with Crippen molar-refractivity contribution in [3.05, 3.63) is 0 Å². The van der Waals surface area contributed by atoms with E-state index in [1.807, 2.05) is 0 Å². The molecule has 0 aromatic rings. The zero-order valence-corrected chi connectivity index (χ0v) is 6.09. The maximum absolute atomic E-state index is 10.3. The Morgan fingerprint density at radius 3 is 2.67 bits per heavy atom. The van der Waals surface area contributed by atoms with Gasteiger partial charge in [0.05, 0.1) is 0 Å². The van der Waals surface area contributed by atoms with Gasteiger partial charge in [-0.2, -0.15) is 0 Å². The Morgan fingerprint density at radius 1 is 1.78 bits per heavy atom. The van der Waals surface area contributed by atoms with Gasteiger partial charge in [-0.05, 0) is 6.42 Å². The Morgan fingerprint density at radius 2 is 2.33 bits per heavy atom. The molecule has 0 heterocycles. The zero-order valence-electron chi connectivity index (χ0n) is 5.09. The van der Waals surface area contributed by atoms with E-state index in [0.29, 0.717) is 6.42 Å². The van der Waals surface area contributed by atoms with E-state index in [9.17, 15) is 9.36 Å². The highest BCUT2D eigenvalue weighted by Gasteiger charge is 2.01. The highest BCUT2D eigenvalue weighted by molar-refractivity contribution is 7.32. The Labute approximate surface area is 53.8 Å². The molecule has 0 aliphatic heterocycles. The Kier molecular flexibility index (Phi) is 4.36. The molecule has 54 valence electrons. The topological polar surface area (TPSA) is 63.6 Å². The van der Waals surface area contributed by atoms with Crippen LogP contribution >= 0.6 is 8.25 Å². The lowest BCUT2D eigenvalue weighted by molar-refractivity contribution is -0.134. The minimum atomic E-state index is -3.06. The van der Waals surface area contributed by atoms with Crippen molar-refractivity contribution in [1.82, 2.24) is 0 Å². The molecule has 0 saturated heterocycles. The third kappa shape index (κ3) is 5.53. The SMILES string of the molecule is CCCC(=O)O[PH](=O)O. The van der Waals surface area contributed by atoms with Gasteiger partial charge >= 0.3 is 14.2 Å². The molecule has 1 unspecified atom stereocenters. The second-order valence-electron chi connectivity index (χ2n) is 1.49. The van der Waals surface area contributed by atoms with E-state index in [1.54, 1.807) is 6.92 Å². The van der Waals surface area contributed by atoms with Crippen LogP contribution in [0, 0.1) is 0 Å². The van der Waals surface area contributed by atoms with Gasteiger partial charge in [0.15, 0.2) is 0 Å². The molecule has 1 N–H and O–H groups in total. The molecule has 5 heteroatoms. The van der Waals surface area contributed by atoms with Crippen molar-refractivity contribution < 1.29 is 18.8 Å². The van der Waals surface area contributed by atoms with Crippen molar-refractivity contribution in [2.45, 2.75) is 19.8 Å². The molecular formula is C4H9O4P. The third-order valence-electron chi connectivity index (χ3n) is 0.655. The van der Waals surface area contributed by atoms with Crippen LogP contribution < -0.4 is 0 Å². The predicted molar refractivity (Wildman–Crippen MR) is 32.2 cm³/mol. The van der Waals surface area contributed by atoms with Crippen molar-refractivity contribution in [2.75, 3.05) is 0 Å². The number of carbonyl (C=O) groups excluding carboxylic acids is 1. The van der Waals surface area contributed by atoms with Crippen molar-refractivity contribution in [2.24, 2.45) is 0 Å². The molecule has 0 fully saturated rings. The predicted octanol–water partition coefficient (Wildman–Crippen LogP) is 0.712. The van der Waals surface area contributed by atoms with Crippen LogP contribution in [0.5, 0.6) is 0 Å².